The summed E-state index contributed by atoms with van der Waals surface area (Å²) in [6.45, 7) is 14.4. The van der Waals surface area contributed by atoms with E-state index >= 15 is 0 Å². The predicted octanol–water partition coefficient (Wildman–Crippen LogP) is 3.44. The van der Waals surface area contributed by atoms with E-state index in [0.29, 0.717) is 17.6 Å². The Morgan fingerprint density at radius 1 is 1.19 bits per heavy atom. The standard InChI is InChI=1S/C17H31NO.C4H4O4/c1-5-18(6-2)10-12-19-11-9-14-7-8-15-13-16(14)17(15,3)4;5-3(6)1-2-4(7)8/h7,15-16H,5-6,8-13H2,1-4H3;1-2H,(H,5,6)(H,7,8)/b;2-1+. The van der Waals surface area contributed by atoms with E-state index in [2.05, 4.69) is 38.7 Å². The number of rotatable bonds is 10. The number of hydrogen-bond donors (Lipinski definition) is 2. The van der Waals surface area contributed by atoms with Gasteiger partial charge < -0.3 is 19.8 Å². The van der Waals surface area contributed by atoms with Crippen LogP contribution >= 0.6 is 0 Å². The monoisotopic (exact) mass is 381 g/mol. The molecule has 0 saturated heterocycles. The van der Waals surface area contributed by atoms with Crippen molar-refractivity contribution in [3.8, 4) is 0 Å². The Kier molecular flexibility index (Phi) is 9.74. The van der Waals surface area contributed by atoms with E-state index in [-0.39, 0.29) is 0 Å². The summed E-state index contributed by atoms with van der Waals surface area (Å²) in [6.07, 6.45) is 7.50. The first-order valence-electron chi connectivity index (χ1n) is 9.85. The van der Waals surface area contributed by atoms with Gasteiger partial charge in [0.1, 0.15) is 0 Å². The molecule has 2 N–H and O–H groups in total. The molecule has 0 aromatic carbocycles. The topological polar surface area (TPSA) is 87.1 Å². The molecule has 3 aliphatic rings. The first-order chi connectivity index (χ1) is 12.7. The van der Waals surface area contributed by atoms with E-state index < -0.39 is 11.9 Å². The molecule has 0 amide bonds. The largest absolute Gasteiger partial charge is 0.478 e. The number of hydrogen-bond acceptors (Lipinski definition) is 4. The van der Waals surface area contributed by atoms with Crippen molar-refractivity contribution >= 4 is 11.9 Å². The first kappa shape index (κ1) is 23.4. The molecule has 27 heavy (non-hydrogen) atoms. The average Bonchev–Trinajstić information content (AvgIpc) is 2.63. The second-order valence-corrected chi connectivity index (χ2v) is 7.72. The maximum absolute atomic E-state index is 9.55. The van der Waals surface area contributed by atoms with Gasteiger partial charge in [0.05, 0.1) is 13.2 Å². The molecular formula is C21H35NO5. The minimum Gasteiger partial charge on any atom is -0.478 e. The Morgan fingerprint density at radius 2 is 1.78 bits per heavy atom. The van der Waals surface area contributed by atoms with E-state index in [9.17, 15) is 9.59 Å². The third-order valence-electron chi connectivity index (χ3n) is 5.93. The van der Waals surface area contributed by atoms with E-state index in [0.717, 1.165) is 51.1 Å². The van der Waals surface area contributed by atoms with Crippen LogP contribution in [0.2, 0.25) is 0 Å². The van der Waals surface area contributed by atoms with Crippen molar-refractivity contribution in [1.29, 1.82) is 0 Å². The van der Waals surface area contributed by atoms with Gasteiger partial charge in [-0.25, -0.2) is 9.59 Å². The van der Waals surface area contributed by atoms with Gasteiger partial charge in [-0.3, -0.25) is 0 Å². The first-order valence-corrected chi connectivity index (χ1v) is 9.85. The third-order valence-corrected chi connectivity index (χ3v) is 5.93. The summed E-state index contributed by atoms with van der Waals surface area (Å²) in [5.41, 5.74) is 2.24. The van der Waals surface area contributed by atoms with Crippen molar-refractivity contribution in [2.75, 3.05) is 32.8 Å². The Bertz CT molecular complexity index is 533. The van der Waals surface area contributed by atoms with Gasteiger partial charge in [0.25, 0.3) is 0 Å². The van der Waals surface area contributed by atoms with Crippen molar-refractivity contribution in [3.05, 3.63) is 23.8 Å². The zero-order chi connectivity index (χ0) is 20.4. The van der Waals surface area contributed by atoms with Crippen LogP contribution in [0, 0.1) is 17.3 Å². The zero-order valence-corrected chi connectivity index (χ0v) is 17.1. The number of fused-ring (bicyclic) bond motifs is 1. The minimum atomic E-state index is -1.26. The number of carbonyl (C=O) groups is 2. The molecule has 0 radical (unpaired) electrons. The normalized spacial score (nSPS) is 22.6. The van der Waals surface area contributed by atoms with Crippen LogP contribution in [0.1, 0.15) is 47.0 Å². The molecule has 0 spiro atoms. The smallest absolute Gasteiger partial charge is 0.328 e. The maximum atomic E-state index is 9.55. The molecule has 3 rings (SSSR count). The molecule has 6 heteroatoms. The molecule has 0 heterocycles. The van der Waals surface area contributed by atoms with Gasteiger partial charge in [-0.2, -0.15) is 0 Å². The number of carboxylic acid groups (broad SMARTS) is 2. The zero-order valence-electron chi connectivity index (χ0n) is 17.1. The summed E-state index contributed by atoms with van der Waals surface area (Å²) in [4.78, 5) is 21.5. The SMILES string of the molecule is CCN(CC)CCOCCC1=CCC2CC1C2(C)C.O=C(O)/C=C/C(=O)O. The molecule has 3 aliphatic carbocycles. The second kappa shape index (κ2) is 11.2. The van der Waals surface area contributed by atoms with Crippen LogP contribution in [0.15, 0.2) is 23.8 Å². The fourth-order valence-corrected chi connectivity index (χ4v) is 3.93. The molecule has 2 unspecified atom stereocenters. The number of carboxylic acids is 2. The van der Waals surface area contributed by atoms with Crippen molar-refractivity contribution < 1.29 is 24.5 Å². The fourth-order valence-electron chi connectivity index (χ4n) is 3.93. The van der Waals surface area contributed by atoms with E-state index in [1.54, 1.807) is 5.57 Å². The molecule has 1 saturated carbocycles. The lowest BCUT2D eigenvalue weighted by atomic mass is 9.48. The van der Waals surface area contributed by atoms with Gasteiger partial charge in [0, 0.05) is 18.7 Å². The lowest BCUT2D eigenvalue weighted by Crippen LogP contribution is -2.48. The highest BCUT2D eigenvalue weighted by Gasteiger charge is 2.50. The van der Waals surface area contributed by atoms with Gasteiger partial charge in [0.2, 0.25) is 0 Å². The van der Waals surface area contributed by atoms with Crippen LogP contribution < -0.4 is 0 Å². The Hall–Kier alpha value is -1.66. The number of likely N-dealkylation sites (N-methyl/N-ethyl adjacent to an activating group) is 1. The van der Waals surface area contributed by atoms with Crippen molar-refractivity contribution in [2.24, 2.45) is 17.3 Å². The van der Waals surface area contributed by atoms with Crippen LogP contribution in [0.25, 0.3) is 0 Å². The lowest BCUT2D eigenvalue weighted by Gasteiger charge is -2.56. The highest BCUT2D eigenvalue weighted by Crippen LogP contribution is 2.59. The number of aliphatic carboxylic acids is 2. The fraction of sp³-hybridized carbons (Fsp3) is 0.714. The summed E-state index contributed by atoms with van der Waals surface area (Å²) in [5.74, 6) is -0.720. The van der Waals surface area contributed by atoms with Crippen LogP contribution in [0.4, 0.5) is 0 Å². The molecule has 6 nitrogen and oxygen atoms in total. The maximum Gasteiger partial charge on any atom is 0.328 e. The van der Waals surface area contributed by atoms with Crippen molar-refractivity contribution in [2.45, 2.75) is 47.0 Å². The van der Waals surface area contributed by atoms with Gasteiger partial charge in [0.15, 0.2) is 0 Å². The van der Waals surface area contributed by atoms with E-state index in [1.807, 2.05) is 0 Å². The Balaban J connectivity index is 0.000000387. The van der Waals surface area contributed by atoms with Gasteiger partial charge in [-0.1, -0.05) is 39.3 Å². The molecule has 0 aliphatic heterocycles. The lowest BCUT2D eigenvalue weighted by molar-refractivity contribution is -0.134. The van der Waals surface area contributed by atoms with Crippen LogP contribution in [-0.2, 0) is 14.3 Å². The molecule has 2 atom stereocenters. The Morgan fingerprint density at radius 3 is 2.22 bits per heavy atom. The second-order valence-electron chi connectivity index (χ2n) is 7.72. The number of ether oxygens (including phenoxy) is 1. The molecule has 1 fully saturated rings. The van der Waals surface area contributed by atoms with Crippen LogP contribution in [0.5, 0.6) is 0 Å². The highest BCUT2D eigenvalue weighted by atomic mass is 16.5. The molecule has 0 aromatic heterocycles. The van der Waals surface area contributed by atoms with Gasteiger partial charge in [-0.05, 0) is 49.6 Å². The molecule has 154 valence electrons. The Labute approximate surface area is 162 Å². The van der Waals surface area contributed by atoms with Gasteiger partial charge >= 0.3 is 11.9 Å². The highest BCUT2D eigenvalue weighted by molar-refractivity contribution is 5.89. The molecule has 2 bridgehead atoms. The van der Waals surface area contributed by atoms with E-state index in [4.69, 9.17) is 14.9 Å². The summed E-state index contributed by atoms with van der Waals surface area (Å²) in [7, 11) is 0. The van der Waals surface area contributed by atoms with Crippen molar-refractivity contribution in [3.63, 3.8) is 0 Å². The predicted molar refractivity (Wildman–Crippen MR) is 106 cm³/mol. The quantitative estimate of drug-likeness (QED) is 0.342. The number of allylic oxidation sites excluding steroid dienone is 1. The average molecular weight is 382 g/mol. The minimum absolute atomic E-state index is 0.558. The summed E-state index contributed by atoms with van der Waals surface area (Å²) in [5, 5.41) is 15.6. The number of nitrogens with zero attached hydrogens (tertiary/aromatic N) is 1. The summed E-state index contributed by atoms with van der Waals surface area (Å²) in [6, 6.07) is 0. The van der Waals surface area contributed by atoms with Crippen LogP contribution in [0.3, 0.4) is 0 Å². The summed E-state index contributed by atoms with van der Waals surface area (Å²) < 4.78 is 5.82. The molecular weight excluding hydrogens is 346 g/mol. The van der Waals surface area contributed by atoms with Crippen LogP contribution in [-0.4, -0.2) is 59.9 Å². The van der Waals surface area contributed by atoms with Gasteiger partial charge in [-0.15, -0.1) is 0 Å². The van der Waals surface area contributed by atoms with E-state index in [1.165, 1.54) is 12.8 Å². The third kappa shape index (κ3) is 7.46. The van der Waals surface area contributed by atoms with Crippen molar-refractivity contribution in [1.82, 2.24) is 4.90 Å². The summed E-state index contributed by atoms with van der Waals surface area (Å²) >= 11 is 0. The molecule has 0 aromatic rings.